The fraction of sp³-hybridized carbons (Fsp3) is 0.493. The summed E-state index contributed by atoms with van der Waals surface area (Å²) in [4.78, 5) is 139. The molecule has 2 bridgehead atoms. The molecule has 1 aliphatic heterocycles. The average molecular weight is 1380 g/mol. The van der Waals surface area contributed by atoms with Gasteiger partial charge in [-0.25, -0.2) is 9.59 Å². The van der Waals surface area contributed by atoms with Gasteiger partial charge in [0.2, 0.25) is 11.8 Å². The van der Waals surface area contributed by atoms with Gasteiger partial charge in [0.05, 0.1) is 48.2 Å². The molecule has 99 heavy (non-hydrogen) atoms. The van der Waals surface area contributed by atoms with Gasteiger partial charge in [-0.15, -0.1) is 0 Å². The molecule has 9 rings (SSSR count). The quantitative estimate of drug-likeness (QED) is 0.0196. The summed E-state index contributed by atoms with van der Waals surface area (Å²) in [6, 6.07) is 26.4. The van der Waals surface area contributed by atoms with Crippen LogP contribution in [-0.4, -0.2) is 195 Å². The second-order valence-corrected chi connectivity index (χ2v) is 26.6. The summed E-state index contributed by atoms with van der Waals surface area (Å²) in [5.74, 6) is -10.4. The summed E-state index contributed by atoms with van der Waals surface area (Å²) in [6.07, 6.45) is -22.1. The van der Waals surface area contributed by atoms with Crippen LogP contribution >= 0.6 is 0 Å². The van der Waals surface area contributed by atoms with Gasteiger partial charge in [0.1, 0.15) is 53.7 Å². The van der Waals surface area contributed by atoms with Gasteiger partial charge in [-0.1, -0.05) is 80.6 Å². The summed E-state index contributed by atoms with van der Waals surface area (Å²) >= 11 is 0. The summed E-state index contributed by atoms with van der Waals surface area (Å²) in [7, 11) is 1.52. The first-order valence-electron chi connectivity index (χ1n) is 32.7. The zero-order chi connectivity index (χ0) is 72.1. The fourth-order valence-corrected chi connectivity index (χ4v) is 14.6. The summed E-state index contributed by atoms with van der Waals surface area (Å²) < 4.78 is 37.9. The molecule has 3 saturated carbocycles. The van der Waals surface area contributed by atoms with E-state index in [1.807, 2.05) is 0 Å². The van der Waals surface area contributed by atoms with E-state index in [0.29, 0.717) is 12.1 Å². The van der Waals surface area contributed by atoms with Crippen molar-refractivity contribution in [2.75, 3.05) is 30.8 Å². The Labute approximate surface area is 570 Å². The highest BCUT2D eigenvalue weighted by Crippen LogP contribution is 2.67. The molecule has 4 aromatic rings. The van der Waals surface area contributed by atoms with Gasteiger partial charge in [-0.05, 0) is 119 Å². The first-order valence-corrected chi connectivity index (χ1v) is 32.7. The van der Waals surface area contributed by atoms with E-state index < -0.39 is 173 Å². The minimum atomic E-state index is -2.57. The number of likely N-dealkylation sites (N-methyl/N-ethyl adjacent to an activating group) is 1. The first-order chi connectivity index (χ1) is 46.9. The molecule has 5 aliphatic rings. The second-order valence-electron chi connectivity index (χ2n) is 26.6. The van der Waals surface area contributed by atoms with Gasteiger partial charge >= 0.3 is 23.9 Å². The monoisotopic (exact) mass is 1370 g/mol. The predicted octanol–water partition coefficient (Wildman–Crippen LogP) is 2.14. The van der Waals surface area contributed by atoms with Crippen LogP contribution in [-0.2, 0) is 66.8 Å². The Balaban J connectivity index is 1.05. The lowest BCUT2D eigenvalue weighted by molar-refractivity contribution is -0.303. The topological polar surface area (TPSA) is 420 Å². The van der Waals surface area contributed by atoms with Gasteiger partial charge in [-0.3, -0.25) is 38.4 Å². The number of fused-ring (bicyclic) bond motifs is 5. The number of amides is 4. The number of hydrogen-bond donors (Lipinski definition) is 12. The molecule has 1 heterocycles. The molecular formula is C71H86N6O22. The number of aliphatic hydroxyl groups is 6. The number of carbonyl (C=O) groups is 10. The molecule has 1 saturated heterocycles. The number of rotatable bonds is 25. The zero-order valence-electron chi connectivity index (χ0n) is 56.0. The van der Waals surface area contributed by atoms with Gasteiger partial charge < -0.3 is 91.0 Å². The molecule has 4 aliphatic carbocycles. The van der Waals surface area contributed by atoms with Gasteiger partial charge in [0, 0.05) is 55.0 Å². The Morgan fingerprint density at radius 1 is 0.737 bits per heavy atom. The molecule has 4 fully saturated rings. The molecule has 0 radical (unpaired) electrons. The molecule has 0 spiro atoms. The molecule has 12 N–H and O–H groups in total. The highest BCUT2D eigenvalue weighted by Gasteiger charge is 2.77. The van der Waals surface area contributed by atoms with Crippen LogP contribution in [0.3, 0.4) is 0 Å². The van der Waals surface area contributed by atoms with Crippen molar-refractivity contribution in [3.8, 4) is 0 Å². The van der Waals surface area contributed by atoms with Crippen LogP contribution in [0.1, 0.15) is 119 Å². The third-order valence-corrected chi connectivity index (χ3v) is 20.0. The molecule has 532 valence electrons. The van der Waals surface area contributed by atoms with Crippen LogP contribution in [0, 0.1) is 22.7 Å². The minimum Gasteiger partial charge on any atom is -0.458 e. The van der Waals surface area contributed by atoms with Gasteiger partial charge in [0.25, 0.3) is 11.8 Å². The van der Waals surface area contributed by atoms with Gasteiger partial charge in [-0.2, -0.15) is 0 Å². The van der Waals surface area contributed by atoms with Crippen LogP contribution < -0.4 is 31.9 Å². The number of benzene rings is 4. The zero-order valence-corrected chi connectivity index (χ0v) is 56.0. The summed E-state index contributed by atoms with van der Waals surface area (Å²) in [5, 5.41) is 88.2. The van der Waals surface area contributed by atoms with Gasteiger partial charge in [0.15, 0.2) is 30.4 Å². The van der Waals surface area contributed by atoms with E-state index in [2.05, 4.69) is 31.9 Å². The van der Waals surface area contributed by atoms with Crippen LogP contribution in [0.25, 0.3) is 0 Å². The van der Waals surface area contributed by atoms with E-state index in [4.69, 9.17) is 28.4 Å². The summed E-state index contributed by atoms with van der Waals surface area (Å²) in [5.41, 5.74) is -7.69. The molecule has 9 unspecified atom stereocenters. The Morgan fingerprint density at radius 3 is 1.94 bits per heavy atom. The maximum Gasteiger partial charge on any atom is 0.338 e. The Kier molecular flexibility index (Phi) is 23.1. The Hall–Kier alpha value is -8.84. The number of ketones is 2. The van der Waals surface area contributed by atoms with Crippen LogP contribution in [0.2, 0.25) is 0 Å². The normalized spacial score (nSPS) is 29.4. The SMILES string of the molecule is CNC(CCC(=O)NCC(C)=O)C(=O)NCC(O)Nc1ccc(NC(=O)C2OC(OC(C(=O)OC3C[C@@]4(O)[C@@H](OC(=O)c5ccccc5)[C@@H]5[C@]6(OC(C)=O)CC[C@@H]6C[C@H](O)[C@@]5(C)C(=O)[C@H](OC(C)=O)C(=C3C)C4(C)C)[C@@H](NC(=O)c3ccccc3)c3ccccc3)C(O)C(O)C2O)cc1. The standard InChI is InChI=1S/C71H86N6O22/c1-36(78)34-73-49(82)29-28-46(72-8)63(89)74-35-50(83)75-44-24-26-45(27-25-44)76-64(90)58-54(85)53(84)55(86)67(97-58)96-57(52(40-18-12-9-13-19-40)77-62(88)41-20-14-10-15-21-41)66(92)95-47-33-71(93)61(98-65(91)42-22-16-11-17-23-42)59-69(7,48(81)32-43-30-31-70(43,59)99-39(4)80)60(87)56(94-38(3)79)51(37(47)2)68(71,5)6/h9-27,43,46-48,50,52-59,61,67,72,75,81,83-86,93H,28-35H2,1-8H3,(H,73,82)(H,74,89)(H,76,90)(H,77,88)/t43-,46?,47?,48+,50?,52+,53?,54?,55?,56-,57?,58?,59+,61+,67?,69-,70+,71-/m1/s1. The second kappa shape index (κ2) is 30.7. The Morgan fingerprint density at radius 2 is 1.35 bits per heavy atom. The smallest absolute Gasteiger partial charge is 0.338 e. The van der Waals surface area contributed by atoms with Crippen LogP contribution in [0.4, 0.5) is 11.4 Å². The number of aliphatic hydroxyl groups excluding tert-OH is 5. The third kappa shape index (κ3) is 15.5. The highest BCUT2D eigenvalue weighted by atomic mass is 16.7. The number of hydrogen-bond acceptors (Lipinski definition) is 24. The van der Waals surface area contributed by atoms with Crippen LogP contribution in [0.5, 0.6) is 0 Å². The molecule has 28 nitrogen and oxygen atoms in total. The largest absolute Gasteiger partial charge is 0.458 e. The average Bonchev–Trinajstić information content (AvgIpc) is 0.669. The van der Waals surface area contributed by atoms with Crippen molar-refractivity contribution >= 4 is 70.4 Å². The number of Topliss-reactive ketones (excluding diaryl/α,β-unsaturated/α-hetero) is 2. The van der Waals surface area contributed by atoms with Crippen molar-refractivity contribution in [3.05, 3.63) is 143 Å². The molecule has 4 aromatic carbocycles. The molecule has 4 amide bonds. The number of nitrogens with one attached hydrogen (secondary N) is 6. The maximum atomic E-state index is 16.0. The van der Waals surface area contributed by atoms with Crippen molar-refractivity contribution in [3.63, 3.8) is 0 Å². The number of anilines is 2. The lowest BCUT2D eigenvalue weighted by atomic mass is 9.41. The highest BCUT2D eigenvalue weighted by molar-refractivity contribution is 5.97. The van der Waals surface area contributed by atoms with Crippen molar-refractivity contribution in [1.29, 1.82) is 0 Å². The summed E-state index contributed by atoms with van der Waals surface area (Å²) in [6.45, 7) is 8.97. The van der Waals surface area contributed by atoms with E-state index in [1.165, 1.54) is 102 Å². The minimum absolute atomic E-state index is 0.00195. The number of carbonyl (C=O) groups excluding carboxylic acids is 10. The maximum absolute atomic E-state index is 16.0. The van der Waals surface area contributed by atoms with E-state index in [-0.39, 0.29) is 78.1 Å². The lowest BCUT2D eigenvalue weighted by Gasteiger charge is -2.68. The molecule has 28 heteroatoms. The third-order valence-electron chi connectivity index (χ3n) is 20.0. The van der Waals surface area contributed by atoms with Crippen molar-refractivity contribution in [1.82, 2.24) is 21.3 Å². The lowest BCUT2D eigenvalue weighted by Crippen LogP contribution is -2.78. The van der Waals surface area contributed by atoms with E-state index >= 15 is 9.59 Å². The predicted molar refractivity (Wildman–Crippen MR) is 350 cm³/mol. The van der Waals surface area contributed by atoms with Crippen molar-refractivity contribution in [2.24, 2.45) is 22.7 Å². The van der Waals surface area contributed by atoms with Crippen molar-refractivity contribution < 1.29 is 107 Å². The van der Waals surface area contributed by atoms with E-state index in [9.17, 15) is 69.0 Å². The number of esters is 4. The molecule has 18 atom stereocenters. The molecular weight excluding hydrogens is 1290 g/mol. The first kappa shape index (κ1) is 74.4. The number of ether oxygens (including phenoxy) is 6. The fourth-order valence-electron chi connectivity index (χ4n) is 14.6. The van der Waals surface area contributed by atoms with Crippen LogP contribution in [0.15, 0.2) is 126 Å². The Bertz CT molecular complexity index is 3690. The van der Waals surface area contributed by atoms with E-state index in [0.717, 1.165) is 13.8 Å². The molecule has 0 aromatic heterocycles. The van der Waals surface area contributed by atoms with E-state index in [1.54, 1.807) is 54.6 Å². The van der Waals surface area contributed by atoms with Crippen molar-refractivity contribution in [2.45, 2.75) is 178 Å².